The van der Waals surface area contributed by atoms with Gasteiger partial charge in [0.05, 0.1) is 4.90 Å². The van der Waals surface area contributed by atoms with Crippen molar-refractivity contribution in [3.63, 3.8) is 0 Å². The predicted octanol–water partition coefficient (Wildman–Crippen LogP) is 3.08. The van der Waals surface area contributed by atoms with Crippen molar-refractivity contribution in [3.05, 3.63) is 53.8 Å². The maximum atomic E-state index is 13.4. The summed E-state index contributed by atoms with van der Waals surface area (Å²) in [5.41, 5.74) is 1.87. The van der Waals surface area contributed by atoms with Gasteiger partial charge in [0.1, 0.15) is 5.82 Å². The van der Waals surface area contributed by atoms with Crippen LogP contribution in [-0.2, 0) is 10.0 Å². The third kappa shape index (κ3) is 4.16. The molecule has 1 fully saturated rings. The van der Waals surface area contributed by atoms with Crippen LogP contribution in [0.1, 0.15) is 12.5 Å². The summed E-state index contributed by atoms with van der Waals surface area (Å²) in [4.78, 5) is 4.76. The Kier molecular flexibility index (Phi) is 5.48. The molecule has 0 radical (unpaired) electrons. The van der Waals surface area contributed by atoms with E-state index in [2.05, 4.69) is 21.4 Å². The predicted molar refractivity (Wildman–Crippen MR) is 103 cm³/mol. The highest BCUT2D eigenvalue weighted by Crippen LogP contribution is 2.22. The first-order chi connectivity index (χ1) is 12.4. The molecule has 0 saturated carbocycles. The number of anilines is 2. The number of aryl methyl sites for hydroxylation is 1. The molecule has 1 aliphatic heterocycles. The first-order valence-electron chi connectivity index (χ1n) is 8.75. The van der Waals surface area contributed by atoms with Crippen LogP contribution in [0.2, 0.25) is 0 Å². The van der Waals surface area contributed by atoms with E-state index in [0.717, 1.165) is 38.4 Å². The zero-order chi connectivity index (χ0) is 18.7. The quantitative estimate of drug-likeness (QED) is 0.870. The maximum absolute atomic E-state index is 13.4. The molecule has 1 N–H and O–H groups in total. The molecule has 0 atom stereocenters. The lowest BCUT2D eigenvalue weighted by molar-refractivity contribution is 0.271. The molecule has 0 aromatic heterocycles. The van der Waals surface area contributed by atoms with Gasteiger partial charge < -0.3 is 9.80 Å². The van der Waals surface area contributed by atoms with Crippen LogP contribution in [0.15, 0.2) is 47.4 Å². The van der Waals surface area contributed by atoms with E-state index in [1.807, 2.05) is 12.1 Å². The molecule has 3 rings (SSSR count). The fourth-order valence-electron chi connectivity index (χ4n) is 3.06. The molecule has 26 heavy (non-hydrogen) atoms. The van der Waals surface area contributed by atoms with Crippen molar-refractivity contribution < 1.29 is 12.8 Å². The zero-order valence-electron chi connectivity index (χ0n) is 15.1. The van der Waals surface area contributed by atoms with Crippen molar-refractivity contribution in [3.8, 4) is 0 Å². The summed E-state index contributed by atoms with van der Waals surface area (Å²) in [6, 6.07) is 11.1. The van der Waals surface area contributed by atoms with E-state index in [9.17, 15) is 12.8 Å². The van der Waals surface area contributed by atoms with Gasteiger partial charge in [-0.1, -0.05) is 6.92 Å². The summed E-state index contributed by atoms with van der Waals surface area (Å²) >= 11 is 0. The number of hydrogen-bond donors (Lipinski definition) is 1. The summed E-state index contributed by atoms with van der Waals surface area (Å²) < 4.78 is 40.9. The van der Waals surface area contributed by atoms with Crippen molar-refractivity contribution in [2.45, 2.75) is 18.7 Å². The van der Waals surface area contributed by atoms with E-state index in [0.29, 0.717) is 11.3 Å². The molecule has 7 heteroatoms. The second kappa shape index (κ2) is 7.63. The van der Waals surface area contributed by atoms with Crippen molar-refractivity contribution in [1.82, 2.24) is 4.90 Å². The van der Waals surface area contributed by atoms with Crippen molar-refractivity contribution in [2.24, 2.45) is 0 Å². The lowest BCUT2D eigenvalue weighted by Gasteiger charge is -2.35. The van der Waals surface area contributed by atoms with E-state index < -0.39 is 15.8 Å². The Balaban J connectivity index is 1.70. The van der Waals surface area contributed by atoms with Crippen LogP contribution < -0.4 is 9.62 Å². The van der Waals surface area contributed by atoms with Gasteiger partial charge >= 0.3 is 0 Å². The smallest absolute Gasteiger partial charge is 0.261 e. The van der Waals surface area contributed by atoms with Crippen LogP contribution in [-0.4, -0.2) is 46.0 Å². The lowest BCUT2D eigenvalue weighted by Crippen LogP contribution is -2.46. The lowest BCUT2D eigenvalue weighted by atomic mass is 10.2. The minimum atomic E-state index is -3.74. The largest absolute Gasteiger partial charge is 0.369 e. The van der Waals surface area contributed by atoms with Crippen molar-refractivity contribution in [1.29, 1.82) is 0 Å². The second-order valence-electron chi connectivity index (χ2n) is 6.48. The van der Waals surface area contributed by atoms with Gasteiger partial charge in [-0.15, -0.1) is 0 Å². The number of likely N-dealkylation sites (N-methyl/N-ethyl adjacent to an activating group) is 1. The summed E-state index contributed by atoms with van der Waals surface area (Å²) in [5, 5.41) is 0. The molecule has 0 unspecified atom stereocenters. The van der Waals surface area contributed by atoms with E-state index in [-0.39, 0.29) is 4.90 Å². The van der Waals surface area contributed by atoms with Crippen LogP contribution in [0.5, 0.6) is 0 Å². The number of rotatable bonds is 5. The molecular weight excluding hydrogens is 353 g/mol. The number of nitrogens with one attached hydrogen (secondary N) is 1. The topological polar surface area (TPSA) is 52.6 Å². The number of hydrogen-bond acceptors (Lipinski definition) is 4. The highest BCUT2D eigenvalue weighted by Gasteiger charge is 2.17. The Bertz CT molecular complexity index is 861. The third-order valence-corrected chi connectivity index (χ3v) is 6.12. The molecule has 0 aliphatic carbocycles. The number of benzene rings is 2. The molecule has 1 heterocycles. The summed E-state index contributed by atoms with van der Waals surface area (Å²) in [6.45, 7) is 8.78. The van der Waals surface area contributed by atoms with Gasteiger partial charge in [0, 0.05) is 37.6 Å². The minimum absolute atomic E-state index is 0.0520. The average molecular weight is 377 g/mol. The van der Waals surface area contributed by atoms with Gasteiger partial charge in [-0.2, -0.15) is 0 Å². The maximum Gasteiger partial charge on any atom is 0.261 e. The monoisotopic (exact) mass is 377 g/mol. The van der Waals surface area contributed by atoms with Crippen LogP contribution >= 0.6 is 0 Å². The van der Waals surface area contributed by atoms with E-state index in [4.69, 9.17) is 0 Å². The van der Waals surface area contributed by atoms with E-state index in [1.54, 1.807) is 19.1 Å². The summed E-state index contributed by atoms with van der Waals surface area (Å²) in [7, 11) is -3.74. The normalized spacial score (nSPS) is 15.9. The fourth-order valence-corrected chi connectivity index (χ4v) is 4.20. The zero-order valence-corrected chi connectivity index (χ0v) is 15.9. The van der Waals surface area contributed by atoms with Gasteiger partial charge in [-0.3, -0.25) is 4.72 Å². The fraction of sp³-hybridized carbons (Fsp3) is 0.368. The first-order valence-corrected chi connectivity index (χ1v) is 10.2. The van der Waals surface area contributed by atoms with Crippen LogP contribution in [0.3, 0.4) is 0 Å². The number of piperazine rings is 1. The second-order valence-corrected chi connectivity index (χ2v) is 8.17. The molecular formula is C19H24FN3O2S. The highest BCUT2D eigenvalue weighted by atomic mass is 32.2. The third-order valence-electron chi connectivity index (χ3n) is 4.74. The van der Waals surface area contributed by atoms with Crippen molar-refractivity contribution in [2.75, 3.05) is 42.3 Å². The van der Waals surface area contributed by atoms with Gasteiger partial charge in [-0.25, -0.2) is 12.8 Å². The van der Waals surface area contributed by atoms with Gasteiger partial charge in [-0.05, 0) is 61.5 Å². The average Bonchev–Trinajstić information content (AvgIpc) is 2.64. The molecule has 2 aromatic carbocycles. The van der Waals surface area contributed by atoms with Gasteiger partial charge in [0.25, 0.3) is 10.0 Å². The standard InChI is InChI=1S/C19H24FN3O2S/c1-3-22-10-12-23(13-11-22)17-6-4-16(5-7-17)21-26(24,25)18-8-9-19(20)15(2)14-18/h4-9,14,21H,3,10-13H2,1-2H3. The molecule has 140 valence electrons. The van der Waals surface area contributed by atoms with Crippen LogP contribution in [0.4, 0.5) is 15.8 Å². The van der Waals surface area contributed by atoms with Crippen LogP contribution in [0, 0.1) is 12.7 Å². The molecule has 1 aliphatic rings. The summed E-state index contributed by atoms with van der Waals surface area (Å²) in [5.74, 6) is -0.420. The first kappa shape index (κ1) is 18.7. The molecule has 1 saturated heterocycles. The minimum Gasteiger partial charge on any atom is -0.369 e. The Morgan fingerprint density at radius 2 is 1.69 bits per heavy atom. The highest BCUT2D eigenvalue weighted by molar-refractivity contribution is 7.92. The van der Waals surface area contributed by atoms with Gasteiger partial charge in [0.15, 0.2) is 0 Å². The SMILES string of the molecule is CCN1CCN(c2ccc(NS(=O)(=O)c3ccc(F)c(C)c3)cc2)CC1. The summed E-state index contributed by atoms with van der Waals surface area (Å²) in [6.07, 6.45) is 0. The number of nitrogens with zero attached hydrogens (tertiary/aromatic N) is 2. The van der Waals surface area contributed by atoms with Gasteiger partial charge in [0.2, 0.25) is 0 Å². The molecule has 5 nitrogen and oxygen atoms in total. The van der Waals surface area contributed by atoms with E-state index >= 15 is 0 Å². The number of halogens is 1. The Morgan fingerprint density at radius 1 is 1.04 bits per heavy atom. The van der Waals surface area contributed by atoms with E-state index in [1.165, 1.54) is 18.2 Å². The van der Waals surface area contributed by atoms with Crippen LogP contribution in [0.25, 0.3) is 0 Å². The Hall–Kier alpha value is -2.12. The molecule has 0 bridgehead atoms. The Labute approximate surface area is 154 Å². The number of sulfonamides is 1. The molecule has 0 spiro atoms. The molecule has 2 aromatic rings. The van der Waals surface area contributed by atoms with Crippen molar-refractivity contribution >= 4 is 21.4 Å². The molecule has 0 amide bonds. The Morgan fingerprint density at radius 3 is 2.27 bits per heavy atom.